The Hall–Kier alpha value is -1.44. The quantitative estimate of drug-likeness (QED) is 0.786. The van der Waals surface area contributed by atoms with Gasteiger partial charge in [0.2, 0.25) is 0 Å². The zero-order valence-corrected chi connectivity index (χ0v) is 13.7. The van der Waals surface area contributed by atoms with Gasteiger partial charge in [0.15, 0.2) is 5.16 Å². The van der Waals surface area contributed by atoms with E-state index in [0.29, 0.717) is 6.61 Å². The lowest BCUT2D eigenvalue weighted by Gasteiger charge is -2.08. The van der Waals surface area contributed by atoms with Gasteiger partial charge in [-0.1, -0.05) is 6.07 Å². The van der Waals surface area contributed by atoms with Crippen molar-refractivity contribution in [2.75, 3.05) is 20.3 Å². The van der Waals surface area contributed by atoms with Crippen LogP contribution < -0.4 is 5.32 Å². The summed E-state index contributed by atoms with van der Waals surface area (Å²) in [6, 6.07) is 2.15. The summed E-state index contributed by atoms with van der Waals surface area (Å²) < 4.78 is 6.97. The first-order valence-electron chi connectivity index (χ1n) is 6.81. The SMILES string of the molecule is COCCNCc1cnc(Sc2nnc(C)n2C)c(C)c1. The van der Waals surface area contributed by atoms with Gasteiger partial charge in [-0.15, -0.1) is 10.2 Å². The fourth-order valence-corrected chi connectivity index (χ4v) is 2.64. The van der Waals surface area contributed by atoms with Crippen molar-refractivity contribution in [1.82, 2.24) is 25.1 Å². The van der Waals surface area contributed by atoms with Gasteiger partial charge in [0.25, 0.3) is 0 Å². The largest absolute Gasteiger partial charge is 0.383 e. The average molecular weight is 307 g/mol. The fraction of sp³-hybridized carbons (Fsp3) is 0.500. The van der Waals surface area contributed by atoms with E-state index in [9.17, 15) is 0 Å². The van der Waals surface area contributed by atoms with Crippen molar-refractivity contribution in [3.05, 3.63) is 29.2 Å². The molecule has 0 aliphatic heterocycles. The molecule has 2 aromatic rings. The Bertz CT molecular complexity index is 599. The van der Waals surface area contributed by atoms with Crippen LogP contribution in [0.25, 0.3) is 0 Å². The topological polar surface area (TPSA) is 64.9 Å². The number of aryl methyl sites for hydroxylation is 2. The van der Waals surface area contributed by atoms with E-state index in [0.717, 1.165) is 34.7 Å². The number of pyridine rings is 1. The second-order valence-electron chi connectivity index (χ2n) is 4.83. The number of methoxy groups -OCH3 is 1. The van der Waals surface area contributed by atoms with E-state index in [1.54, 1.807) is 18.9 Å². The summed E-state index contributed by atoms with van der Waals surface area (Å²) in [6.45, 7) is 6.35. The van der Waals surface area contributed by atoms with Gasteiger partial charge in [-0.05, 0) is 36.7 Å². The van der Waals surface area contributed by atoms with Crippen LogP contribution >= 0.6 is 11.8 Å². The molecule has 2 rings (SSSR count). The lowest BCUT2D eigenvalue weighted by atomic mass is 10.2. The van der Waals surface area contributed by atoms with Crippen LogP contribution in [0.3, 0.4) is 0 Å². The van der Waals surface area contributed by atoms with E-state index >= 15 is 0 Å². The summed E-state index contributed by atoms with van der Waals surface area (Å²) in [6.07, 6.45) is 1.90. The first kappa shape index (κ1) is 15.9. The third-order valence-electron chi connectivity index (χ3n) is 3.14. The maximum Gasteiger partial charge on any atom is 0.197 e. The van der Waals surface area contributed by atoms with E-state index in [1.165, 1.54) is 5.56 Å². The molecule has 0 saturated carbocycles. The minimum atomic E-state index is 0.714. The monoisotopic (exact) mass is 307 g/mol. The van der Waals surface area contributed by atoms with Crippen LogP contribution in [0.1, 0.15) is 17.0 Å². The number of ether oxygens (including phenoxy) is 1. The second-order valence-corrected chi connectivity index (χ2v) is 5.78. The summed E-state index contributed by atoms with van der Waals surface area (Å²) >= 11 is 1.54. The molecule has 0 saturated heterocycles. The van der Waals surface area contributed by atoms with Crippen LogP contribution in [0.5, 0.6) is 0 Å². The minimum absolute atomic E-state index is 0.714. The predicted octanol–water partition coefficient (Wildman–Crippen LogP) is 1.71. The molecule has 21 heavy (non-hydrogen) atoms. The van der Waals surface area contributed by atoms with E-state index in [2.05, 4.69) is 33.5 Å². The lowest BCUT2D eigenvalue weighted by molar-refractivity contribution is 0.199. The van der Waals surface area contributed by atoms with Crippen molar-refractivity contribution >= 4 is 11.8 Å². The van der Waals surface area contributed by atoms with Crippen LogP contribution in [0, 0.1) is 13.8 Å². The number of rotatable bonds is 7. The molecule has 0 spiro atoms. The van der Waals surface area contributed by atoms with Gasteiger partial charge in [-0.25, -0.2) is 4.98 Å². The number of nitrogens with zero attached hydrogens (tertiary/aromatic N) is 4. The standard InChI is InChI=1S/C14H21N5OS/c1-10-7-12(8-15-5-6-20-4)9-16-13(10)21-14-18-17-11(2)19(14)3/h7,9,15H,5-6,8H2,1-4H3. The molecule has 0 amide bonds. The Kier molecular flexibility index (Phi) is 5.72. The van der Waals surface area contributed by atoms with E-state index in [4.69, 9.17) is 4.74 Å². The molecule has 0 atom stereocenters. The summed E-state index contributed by atoms with van der Waals surface area (Å²) in [5.74, 6) is 0.897. The van der Waals surface area contributed by atoms with Crippen molar-refractivity contribution in [1.29, 1.82) is 0 Å². The van der Waals surface area contributed by atoms with Crippen molar-refractivity contribution in [3.8, 4) is 0 Å². The highest BCUT2D eigenvalue weighted by atomic mass is 32.2. The third-order valence-corrected chi connectivity index (χ3v) is 4.30. The summed E-state index contributed by atoms with van der Waals surface area (Å²) in [7, 11) is 3.66. The Morgan fingerprint density at radius 1 is 1.33 bits per heavy atom. The predicted molar refractivity (Wildman–Crippen MR) is 82.4 cm³/mol. The molecule has 2 heterocycles. The Labute approximate surface area is 129 Å². The molecule has 114 valence electrons. The molecule has 0 aliphatic carbocycles. The summed E-state index contributed by atoms with van der Waals surface area (Å²) in [5, 5.41) is 13.3. The normalized spacial score (nSPS) is 11.0. The molecule has 0 fully saturated rings. The summed E-state index contributed by atoms with van der Waals surface area (Å²) in [4.78, 5) is 4.53. The van der Waals surface area contributed by atoms with Gasteiger partial charge >= 0.3 is 0 Å². The van der Waals surface area contributed by atoms with Gasteiger partial charge in [0.05, 0.1) is 6.61 Å². The van der Waals surface area contributed by atoms with Gasteiger partial charge in [-0.2, -0.15) is 0 Å². The molecule has 7 heteroatoms. The molecular weight excluding hydrogens is 286 g/mol. The highest BCUT2D eigenvalue weighted by Gasteiger charge is 2.10. The number of hydrogen-bond donors (Lipinski definition) is 1. The zero-order valence-electron chi connectivity index (χ0n) is 12.9. The van der Waals surface area contributed by atoms with E-state index in [-0.39, 0.29) is 0 Å². The van der Waals surface area contributed by atoms with Gasteiger partial charge in [0.1, 0.15) is 10.9 Å². The van der Waals surface area contributed by atoms with Gasteiger partial charge in [0, 0.05) is 33.4 Å². The first-order chi connectivity index (χ1) is 10.1. The molecule has 2 aromatic heterocycles. The number of aromatic nitrogens is 4. The Balaban J connectivity index is 2.00. The maximum absolute atomic E-state index is 5.01. The molecule has 0 bridgehead atoms. The van der Waals surface area contributed by atoms with Gasteiger partial charge < -0.3 is 14.6 Å². The maximum atomic E-state index is 5.01. The zero-order chi connectivity index (χ0) is 15.2. The second kappa shape index (κ2) is 7.53. The molecule has 0 aliphatic rings. The lowest BCUT2D eigenvalue weighted by Crippen LogP contribution is -2.18. The van der Waals surface area contributed by atoms with Crippen LogP contribution in [0.2, 0.25) is 0 Å². The first-order valence-corrected chi connectivity index (χ1v) is 7.62. The van der Waals surface area contributed by atoms with Crippen molar-refractivity contribution < 1.29 is 4.74 Å². The van der Waals surface area contributed by atoms with Crippen LogP contribution in [0.15, 0.2) is 22.4 Å². The minimum Gasteiger partial charge on any atom is -0.383 e. The average Bonchev–Trinajstić information content (AvgIpc) is 2.78. The van der Waals surface area contributed by atoms with Crippen LogP contribution in [0.4, 0.5) is 0 Å². The number of hydrogen-bond acceptors (Lipinski definition) is 6. The molecule has 6 nitrogen and oxygen atoms in total. The molecule has 1 N–H and O–H groups in total. The van der Waals surface area contributed by atoms with Crippen LogP contribution in [-0.4, -0.2) is 40.0 Å². The fourth-order valence-electron chi connectivity index (χ4n) is 1.79. The van der Waals surface area contributed by atoms with Crippen molar-refractivity contribution in [2.45, 2.75) is 30.6 Å². The smallest absolute Gasteiger partial charge is 0.197 e. The summed E-state index contributed by atoms with van der Waals surface area (Å²) in [5.41, 5.74) is 2.31. The molecule has 0 unspecified atom stereocenters. The Morgan fingerprint density at radius 3 is 2.76 bits per heavy atom. The van der Waals surface area contributed by atoms with Crippen molar-refractivity contribution in [2.24, 2.45) is 7.05 Å². The van der Waals surface area contributed by atoms with Crippen molar-refractivity contribution in [3.63, 3.8) is 0 Å². The number of nitrogens with one attached hydrogen (secondary N) is 1. The highest BCUT2D eigenvalue weighted by molar-refractivity contribution is 7.99. The molecular formula is C14H21N5OS. The highest BCUT2D eigenvalue weighted by Crippen LogP contribution is 2.27. The van der Waals surface area contributed by atoms with E-state index < -0.39 is 0 Å². The van der Waals surface area contributed by atoms with Gasteiger partial charge in [-0.3, -0.25) is 0 Å². The molecule has 0 radical (unpaired) electrons. The Morgan fingerprint density at radius 2 is 2.14 bits per heavy atom. The van der Waals surface area contributed by atoms with Crippen LogP contribution in [-0.2, 0) is 18.3 Å². The third kappa shape index (κ3) is 4.26. The van der Waals surface area contributed by atoms with E-state index in [1.807, 2.05) is 24.7 Å². The molecule has 0 aromatic carbocycles.